The number of benzene rings is 7. The standard InChI is InChI=1S/C40H28N6O18S6.4Na/c1-21-3-7-23(8-4-21)69(57,58)61-35-20-34(46-42-32-14-12-28-30(40(32)44-46)16-26(67(51,52)53)18-38(28)68(54,55)56)36(62-70(59,60)24-9-5-22(2)6-10-24)19-33(35)45-41-31-13-11-27-29(39(31)43-45)15-25(66(48,49)50)17-37(27)65-64-63-47;;;;/h3-20,47H,1-2H3,(H,48,49,50)(H,51,52,53)(H,54,55,56);;;;/q;4*+1/p-4. The topological polar surface area (TPSA) is 361 Å². The molecule has 74 heavy (non-hydrogen) atoms. The summed E-state index contributed by atoms with van der Waals surface area (Å²) in [6, 6.07) is 20.5. The van der Waals surface area contributed by atoms with Gasteiger partial charge in [0, 0.05) is 38.6 Å². The summed E-state index contributed by atoms with van der Waals surface area (Å²) in [5.74, 6) is -1.39. The van der Waals surface area contributed by atoms with Crippen LogP contribution in [0.15, 0.2) is 139 Å². The maximum Gasteiger partial charge on any atom is 1.00 e. The first kappa shape index (κ1) is 62.2. The van der Waals surface area contributed by atoms with Gasteiger partial charge in [0.05, 0.1) is 26.7 Å². The normalized spacial score (nSPS) is 12.2. The largest absolute Gasteiger partial charge is 1.00 e. The second kappa shape index (κ2) is 23.3. The molecule has 0 aliphatic carbocycles. The minimum absolute atomic E-state index is 0. The third kappa shape index (κ3) is 12.7. The zero-order valence-electron chi connectivity index (χ0n) is 38.9. The van der Waals surface area contributed by atoms with Crippen LogP contribution in [0.5, 0.6) is 11.5 Å². The van der Waals surface area contributed by atoms with Crippen LogP contribution in [0.4, 0.5) is 0 Å². The molecule has 0 fully saturated rings. The molecule has 362 valence electrons. The van der Waals surface area contributed by atoms with Crippen LogP contribution in [0, 0.1) is 13.8 Å². The van der Waals surface area contributed by atoms with Crippen molar-refractivity contribution in [2.24, 2.45) is 0 Å². The van der Waals surface area contributed by atoms with Crippen molar-refractivity contribution in [2.45, 2.75) is 43.2 Å². The molecule has 24 nitrogen and oxygen atoms in total. The van der Waals surface area contributed by atoms with E-state index in [1.54, 1.807) is 13.8 Å². The summed E-state index contributed by atoms with van der Waals surface area (Å²) in [6.07, 6.45) is 0. The molecule has 0 N–H and O–H groups in total. The van der Waals surface area contributed by atoms with Gasteiger partial charge in [-0.2, -0.15) is 21.2 Å². The summed E-state index contributed by atoms with van der Waals surface area (Å²) in [5.41, 5.74) is -0.395. The minimum atomic E-state index is -5.45. The van der Waals surface area contributed by atoms with Gasteiger partial charge in [-0.15, -0.1) is 30.0 Å². The second-order valence-corrected chi connectivity index (χ2v) is 22.9. The molecule has 0 saturated heterocycles. The van der Waals surface area contributed by atoms with Crippen molar-refractivity contribution < 1.29 is 197 Å². The monoisotopic (exact) mass is 1160 g/mol. The summed E-state index contributed by atoms with van der Waals surface area (Å²) in [5, 5.41) is 31.0. The summed E-state index contributed by atoms with van der Waals surface area (Å²) >= 11 is 0.262. The van der Waals surface area contributed by atoms with Crippen molar-refractivity contribution in [3.63, 3.8) is 0 Å². The Hall–Kier alpha value is -2.68. The molecule has 9 aromatic rings. The first-order valence-electron chi connectivity index (χ1n) is 19.2. The predicted octanol–water partition coefficient (Wildman–Crippen LogP) is -8.43. The molecule has 2 heterocycles. The Kier molecular flexibility index (Phi) is 19.6. The Morgan fingerprint density at radius 2 is 0.865 bits per heavy atom. The zero-order chi connectivity index (χ0) is 50.3. The molecule has 0 amide bonds. The van der Waals surface area contributed by atoms with Crippen LogP contribution < -0.4 is 132 Å². The quantitative estimate of drug-likeness (QED) is 0.0244. The predicted molar refractivity (Wildman–Crippen MR) is 236 cm³/mol. The molecule has 34 heteroatoms. The molecule has 0 unspecified atom stereocenters. The van der Waals surface area contributed by atoms with E-state index in [2.05, 4.69) is 29.8 Å². The van der Waals surface area contributed by atoms with Gasteiger partial charge >= 0.3 is 138 Å². The van der Waals surface area contributed by atoms with Gasteiger partial charge in [0.15, 0.2) is 11.5 Å². The molecule has 0 aliphatic heterocycles. The fourth-order valence-electron chi connectivity index (χ4n) is 7.06. The number of aryl methyl sites for hydroxylation is 2. The number of hydrogen-bond acceptors (Lipinski definition) is 23. The summed E-state index contributed by atoms with van der Waals surface area (Å²) < 4.78 is 183. The summed E-state index contributed by atoms with van der Waals surface area (Å²) in [7, 11) is -25.7. The average Bonchev–Trinajstić information content (AvgIpc) is 3.93. The van der Waals surface area contributed by atoms with Gasteiger partial charge in [-0.05, 0) is 74.5 Å². The van der Waals surface area contributed by atoms with Crippen molar-refractivity contribution >= 4 is 106 Å². The van der Waals surface area contributed by atoms with E-state index in [0.29, 0.717) is 22.0 Å². The van der Waals surface area contributed by atoms with E-state index >= 15 is 0 Å². The second-order valence-electron chi connectivity index (χ2n) is 14.9. The Balaban J connectivity index is 0.00000253. The third-order valence-corrected chi connectivity index (χ3v) is 16.0. The Bertz CT molecular complexity index is 4270. The van der Waals surface area contributed by atoms with Crippen molar-refractivity contribution in [2.75, 3.05) is 0 Å². The van der Waals surface area contributed by atoms with Crippen LogP contribution in [0.3, 0.4) is 0 Å². The van der Waals surface area contributed by atoms with Gasteiger partial charge in [0.25, 0.3) is 0 Å². The van der Waals surface area contributed by atoms with Crippen LogP contribution in [0.2, 0.25) is 0 Å². The van der Waals surface area contributed by atoms with Gasteiger partial charge in [0.1, 0.15) is 73.6 Å². The fourth-order valence-corrected chi connectivity index (χ4v) is 11.4. The van der Waals surface area contributed by atoms with E-state index in [9.17, 15) is 61.0 Å². The Labute approximate surface area is 512 Å². The molecule has 0 saturated carbocycles. The van der Waals surface area contributed by atoms with Crippen molar-refractivity contribution in [1.82, 2.24) is 30.0 Å². The smallest absolute Gasteiger partial charge is 0.744 e. The maximum atomic E-state index is 14.1. The number of aromatic nitrogens is 6. The Morgan fingerprint density at radius 1 is 0.459 bits per heavy atom. The van der Waals surface area contributed by atoms with E-state index < -0.39 is 88.2 Å². The van der Waals surface area contributed by atoms with Crippen LogP contribution in [-0.4, -0.2) is 85.7 Å². The van der Waals surface area contributed by atoms with E-state index in [1.165, 1.54) is 60.7 Å². The van der Waals surface area contributed by atoms with Gasteiger partial charge in [-0.1, -0.05) is 47.5 Å². The molecule has 0 spiro atoms. The summed E-state index contributed by atoms with van der Waals surface area (Å²) in [6.45, 7) is 3.38. The van der Waals surface area contributed by atoms with E-state index in [4.69, 9.17) is 8.37 Å². The molecular formula is C40H24N6Na4O18S6. The van der Waals surface area contributed by atoms with E-state index in [1.807, 2.05) is 0 Å². The van der Waals surface area contributed by atoms with Gasteiger partial charge in [0.2, 0.25) is 0 Å². The fraction of sp³-hybridized carbons (Fsp3) is 0.0500. The van der Waals surface area contributed by atoms with Crippen molar-refractivity contribution in [3.8, 4) is 22.9 Å². The van der Waals surface area contributed by atoms with Crippen molar-refractivity contribution in [3.05, 3.63) is 120 Å². The third-order valence-electron chi connectivity index (χ3n) is 10.3. The molecule has 0 radical (unpaired) electrons. The number of fused-ring (bicyclic) bond motifs is 6. The first-order valence-corrected chi connectivity index (χ1v) is 27.0. The van der Waals surface area contributed by atoms with Gasteiger partial charge in [-0.3, -0.25) is 5.04 Å². The Morgan fingerprint density at radius 3 is 1.27 bits per heavy atom. The van der Waals surface area contributed by atoms with E-state index in [-0.39, 0.29) is 189 Å². The zero-order valence-corrected chi connectivity index (χ0v) is 51.8. The minimum Gasteiger partial charge on any atom is -0.744 e. The van der Waals surface area contributed by atoms with E-state index in [0.717, 1.165) is 47.3 Å². The number of rotatable bonds is 14. The maximum absolute atomic E-state index is 14.1. The average molecular weight is 1160 g/mol. The molecule has 9 rings (SSSR count). The SMILES string of the molecule is Cc1ccc(S(=O)(=O)Oc2cc(-n3nc4ccc5c(S(=O)(=O)[O-])cc(S(=O)(=O)[O-])cc5c4n3)c(OS(=O)(=O)c3ccc(C)cc3)cc2-n2nc3ccc4c(SOO[O-])cc(S(=O)(=O)[O-])cc4c3n2)cc1.[Na+].[Na+].[Na+].[Na+]. The number of hydrogen-bond donors (Lipinski definition) is 0. The van der Waals surface area contributed by atoms with Gasteiger partial charge < -0.3 is 27.3 Å². The number of nitrogens with zero attached hydrogens (tertiary/aromatic N) is 6. The van der Waals surface area contributed by atoms with Gasteiger partial charge in [-0.25, -0.2) is 25.3 Å². The van der Waals surface area contributed by atoms with Crippen molar-refractivity contribution in [1.29, 1.82) is 0 Å². The van der Waals surface area contributed by atoms with Crippen LogP contribution >= 0.6 is 12.0 Å². The molecule has 0 aliphatic rings. The molecule has 0 bridgehead atoms. The van der Waals surface area contributed by atoms with Crippen LogP contribution in [0.25, 0.3) is 55.0 Å². The first-order chi connectivity index (χ1) is 32.8. The molecule has 2 aromatic heterocycles. The molecule has 7 aromatic carbocycles. The molecule has 0 atom stereocenters. The molecular weight excluding hydrogens is 1140 g/mol. The van der Waals surface area contributed by atoms with Crippen LogP contribution in [-0.2, 0) is 60.0 Å². The van der Waals surface area contributed by atoms with Crippen LogP contribution in [0.1, 0.15) is 11.1 Å². The summed E-state index contributed by atoms with van der Waals surface area (Å²) in [4.78, 5) is -2.42.